The van der Waals surface area contributed by atoms with Crippen LogP contribution in [0.3, 0.4) is 0 Å². The number of hydrogen-bond donors (Lipinski definition) is 1. The number of carboxylic acid groups (broad SMARTS) is 1. The molecule has 1 amide bonds. The van der Waals surface area contributed by atoms with Crippen molar-refractivity contribution in [3.63, 3.8) is 0 Å². The van der Waals surface area contributed by atoms with Crippen molar-refractivity contribution in [3.05, 3.63) is 63.3 Å². The lowest BCUT2D eigenvalue weighted by atomic mass is 9.91. The van der Waals surface area contributed by atoms with Gasteiger partial charge in [0.15, 0.2) is 0 Å². The summed E-state index contributed by atoms with van der Waals surface area (Å²) in [7, 11) is 0. The van der Waals surface area contributed by atoms with Crippen molar-refractivity contribution in [2.24, 2.45) is 0 Å². The van der Waals surface area contributed by atoms with Crippen LogP contribution in [0.1, 0.15) is 40.2 Å². The molecule has 0 unspecified atom stereocenters. The fourth-order valence-electron chi connectivity index (χ4n) is 4.49. The van der Waals surface area contributed by atoms with Crippen molar-refractivity contribution in [3.8, 4) is 0 Å². The summed E-state index contributed by atoms with van der Waals surface area (Å²) in [6.45, 7) is 0.795. The first-order valence-corrected chi connectivity index (χ1v) is 10.1. The molecule has 9 nitrogen and oxygen atoms in total. The summed E-state index contributed by atoms with van der Waals surface area (Å²) in [4.78, 5) is 42.3. The largest absolute Gasteiger partial charge is 0.478 e. The van der Waals surface area contributed by atoms with Gasteiger partial charge in [0.2, 0.25) is 5.91 Å². The number of alkyl halides is 3. The van der Waals surface area contributed by atoms with E-state index in [0.29, 0.717) is 18.8 Å². The molecule has 1 aromatic heterocycles. The maximum atomic E-state index is 12.8. The molecule has 33 heavy (non-hydrogen) atoms. The first kappa shape index (κ1) is 22.5. The van der Waals surface area contributed by atoms with Gasteiger partial charge in [0.05, 0.1) is 16.1 Å². The molecule has 0 spiro atoms. The van der Waals surface area contributed by atoms with Gasteiger partial charge in [0, 0.05) is 56.3 Å². The number of fused-ring (bicyclic) bond motifs is 1. The molecule has 3 heterocycles. The van der Waals surface area contributed by atoms with Crippen LogP contribution in [0.15, 0.2) is 36.5 Å². The number of amides is 1. The van der Waals surface area contributed by atoms with Crippen molar-refractivity contribution in [2.75, 3.05) is 24.5 Å². The molecule has 12 heteroatoms. The standard InChI is InChI=1S/C21H19F3N4O5/c22-21(23,24)13-1-4-18(25-9-13)26-6-5-19(29)27-10-12(7-15(27)11-26)17-8-14(28(32)33)2-3-16(17)20(30)31/h1-4,8-9,12,15H,5-7,10-11H2,(H,30,31)/t12-,15+/m1/s1. The third-order valence-electron chi connectivity index (χ3n) is 6.08. The zero-order chi connectivity index (χ0) is 23.9. The summed E-state index contributed by atoms with van der Waals surface area (Å²) >= 11 is 0. The van der Waals surface area contributed by atoms with Crippen LogP contribution in [0.4, 0.5) is 24.7 Å². The zero-order valence-electron chi connectivity index (χ0n) is 17.2. The fraction of sp³-hybridized carbons (Fsp3) is 0.381. The lowest BCUT2D eigenvalue weighted by molar-refractivity contribution is -0.384. The molecule has 2 aliphatic heterocycles. The average molecular weight is 464 g/mol. The Balaban J connectivity index is 1.59. The summed E-state index contributed by atoms with van der Waals surface area (Å²) in [5, 5.41) is 20.7. The lowest BCUT2D eigenvalue weighted by Crippen LogP contribution is -2.38. The van der Waals surface area contributed by atoms with Gasteiger partial charge in [0.1, 0.15) is 5.82 Å². The number of nitrogens with zero attached hydrogens (tertiary/aromatic N) is 4. The fourth-order valence-corrected chi connectivity index (χ4v) is 4.49. The molecule has 0 aliphatic carbocycles. The number of halogens is 3. The molecule has 2 aliphatic rings. The van der Waals surface area contributed by atoms with Crippen LogP contribution in [0, 0.1) is 10.1 Å². The van der Waals surface area contributed by atoms with E-state index in [4.69, 9.17) is 0 Å². The number of carbonyl (C=O) groups is 2. The van der Waals surface area contributed by atoms with Crippen LogP contribution in [-0.4, -0.2) is 57.5 Å². The summed E-state index contributed by atoms with van der Waals surface area (Å²) in [5.74, 6) is -1.50. The molecule has 1 aromatic carbocycles. The van der Waals surface area contributed by atoms with Gasteiger partial charge >= 0.3 is 12.1 Å². The Morgan fingerprint density at radius 3 is 2.58 bits per heavy atom. The van der Waals surface area contributed by atoms with E-state index in [1.54, 1.807) is 9.80 Å². The van der Waals surface area contributed by atoms with E-state index >= 15 is 0 Å². The number of carboxylic acids is 1. The SMILES string of the molecule is O=C(O)c1ccc([N+](=O)[O-])cc1[C@@H]1C[C@H]2CN(c3ccc(C(F)(F)F)cn3)CCC(=O)N2C1. The molecular formula is C21H19F3N4O5. The van der Waals surface area contributed by atoms with Crippen molar-refractivity contribution < 1.29 is 32.8 Å². The number of nitro benzene ring substituents is 1. The normalized spacial score (nSPS) is 21.0. The number of anilines is 1. The number of aromatic carboxylic acids is 1. The van der Waals surface area contributed by atoms with Crippen LogP contribution in [0.5, 0.6) is 0 Å². The Bertz CT molecular complexity index is 1110. The molecular weight excluding hydrogens is 445 g/mol. The Morgan fingerprint density at radius 1 is 1.21 bits per heavy atom. The molecule has 174 valence electrons. The third kappa shape index (κ3) is 4.45. The Hall–Kier alpha value is -3.70. The topological polar surface area (TPSA) is 117 Å². The zero-order valence-corrected chi connectivity index (χ0v) is 17.2. The second-order valence-electron chi connectivity index (χ2n) is 8.07. The van der Waals surface area contributed by atoms with E-state index in [2.05, 4.69) is 4.98 Å². The molecule has 0 saturated carbocycles. The summed E-state index contributed by atoms with van der Waals surface area (Å²) in [6.07, 6.45) is -3.27. The van der Waals surface area contributed by atoms with Gasteiger partial charge in [-0.25, -0.2) is 9.78 Å². The van der Waals surface area contributed by atoms with Gasteiger partial charge in [-0.05, 0) is 30.2 Å². The highest BCUT2D eigenvalue weighted by Crippen LogP contribution is 2.37. The van der Waals surface area contributed by atoms with Crippen LogP contribution in [0.25, 0.3) is 0 Å². The van der Waals surface area contributed by atoms with E-state index in [0.717, 1.165) is 18.3 Å². The predicted octanol–water partition coefficient (Wildman–Crippen LogP) is 3.30. The highest BCUT2D eigenvalue weighted by atomic mass is 19.4. The second kappa shape index (κ2) is 8.34. The summed E-state index contributed by atoms with van der Waals surface area (Å²) in [5.41, 5.74) is -0.876. The van der Waals surface area contributed by atoms with Crippen LogP contribution < -0.4 is 4.90 Å². The van der Waals surface area contributed by atoms with Gasteiger partial charge in [-0.1, -0.05) is 0 Å². The maximum absolute atomic E-state index is 12.8. The van der Waals surface area contributed by atoms with E-state index in [9.17, 15) is 38.0 Å². The highest BCUT2D eigenvalue weighted by Gasteiger charge is 2.40. The molecule has 0 radical (unpaired) electrons. The quantitative estimate of drug-likeness (QED) is 0.545. The minimum atomic E-state index is -4.50. The van der Waals surface area contributed by atoms with Crippen molar-refractivity contribution in [1.29, 1.82) is 0 Å². The Kier molecular flexibility index (Phi) is 5.68. The molecule has 2 saturated heterocycles. The number of pyridine rings is 1. The van der Waals surface area contributed by atoms with Gasteiger partial charge in [0.25, 0.3) is 5.69 Å². The van der Waals surface area contributed by atoms with Crippen molar-refractivity contribution in [2.45, 2.75) is 31.0 Å². The molecule has 2 atom stereocenters. The predicted molar refractivity (Wildman–Crippen MR) is 109 cm³/mol. The molecule has 2 aromatic rings. The monoisotopic (exact) mass is 464 g/mol. The average Bonchev–Trinajstić information content (AvgIpc) is 3.12. The Morgan fingerprint density at radius 2 is 1.97 bits per heavy atom. The van der Waals surface area contributed by atoms with Crippen LogP contribution in [0.2, 0.25) is 0 Å². The second-order valence-corrected chi connectivity index (χ2v) is 8.07. The summed E-state index contributed by atoms with van der Waals surface area (Å²) in [6, 6.07) is 5.42. The number of nitro groups is 1. The number of benzene rings is 1. The third-order valence-corrected chi connectivity index (χ3v) is 6.08. The molecule has 0 bridgehead atoms. The molecule has 2 fully saturated rings. The number of aromatic nitrogens is 1. The van der Waals surface area contributed by atoms with E-state index in [1.807, 2.05) is 0 Å². The number of non-ortho nitro benzene ring substituents is 1. The number of carbonyl (C=O) groups excluding carboxylic acids is 1. The molecule has 1 N–H and O–H groups in total. The minimum absolute atomic E-state index is 0.0584. The minimum Gasteiger partial charge on any atom is -0.478 e. The maximum Gasteiger partial charge on any atom is 0.417 e. The number of hydrogen-bond acceptors (Lipinski definition) is 6. The number of rotatable bonds is 4. The van der Waals surface area contributed by atoms with Crippen LogP contribution in [-0.2, 0) is 11.0 Å². The van der Waals surface area contributed by atoms with Gasteiger partial charge in [-0.3, -0.25) is 14.9 Å². The van der Waals surface area contributed by atoms with Gasteiger partial charge in [-0.15, -0.1) is 0 Å². The van der Waals surface area contributed by atoms with E-state index in [-0.39, 0.29) is 48.3 Å². The van der Waals surface area contributed by atoms with E-state index in [1.165, 1.54) is 18.2 Å². The highest BCUT2D eigenvalue weighted by molar-refractivity contribution is 5.90. The Labute approximate surface area is 185 Å². The molecule has 4 rings (SSSR count). The lowest BCUT2D eigenvalue weighted by Gasteiger charge is -2.26. The van der Waals surface area contributed by atoms with Crippen molar-refractivity contribution in [1.82, 2.24) is 9.88 Å². The van der Waals surface area contributed by atoms with Crippen LogP contribution >= 0.6 is 0 Å². The smallest absolute Gasteiger partial charge is 0.417 e. The van der Waals surface area contributed by atoms with Gasteiger partial charge < -0.3 is 14.9 Å². The van der Waals surface area contributed by atoms with E-state index < -0.39 is 28.6 Å². The van der Waals surface area contributed by atoms with Crippen molar-refractivity contribution >= 4 is 23.4 Å². The first-order valence-electron chi connectivity index (χ1n) is 10.1. The summed E-state index contributed by atoms with van der Waals surface area (Å²) < 4.78 is 38.5. The first-order chi connectivity index (χ1) is 15.5. The van der Waals surface area contributed by atoms with Gasteiger partial charge in [-0.2, -0.15) is 13.2 Å².